The van der Waals surface area contributed by atoms with Crippen LogP contribution < -0.4 is 5.73 Å². The molecule has 25 heavy (non-hydrogen) atoms. The number of carbonyl (C=O) groups is 1. The van der Waals surface area contributed by atoms with Crippen LogP contribution in [0, 0.1) is 3.57 Å². The van der Waals surface area contributed by atoms with E-state index in [4.69, 9.17) is 5.73 Å². The van der Waals surface area contributed by atoms with Gasteiger partial charge in [-0.15, -0.1) is 0 Å². The van der Waals surface area contributed by atoms with Crippen molar-refractivity contribution in [2.45, 2.75) is 12.4 Å². The van der Waals surface area contributed by atoms with E-state index in [2.05, 4.69) is 0 Å². The average molecular weight is 475 g/mol. The van der Waals surface area contributed by atoms with Crippen molar-refractivity contribution in [3.63, 3.8) is 0 Å². The molecule has 0 bridgehead atoms. The molecule has 2 rings (SSSR count). The highest BCUT2D eigenvalue weighted by Gasteiger charge is 2.37. The van der Waals surface area contributed by atoms with Crippen LogP contribution >= 0.6 is 22.6 Å². The summed E-state index contributed by atoms with van der Waals surface area (Å²) >= 11 is 1.69. The number of hydrogen-bond acceptors (Lipinski definition) is 2. The van der Waals surface area contributed by atoms with Crippen molar-refractivity contribution >= 4 is 28.5 Å². The summed E-state index contributed by atoms with van der Waals surface area (Å²) in [6.45, 7) is 0. The van der Waals surface area contributed by atoms with Gasteiger partial charge in [0.2, 0.25) is 0 Å². The molecule has 0 atom stereocenters. The molecule has 2 aromatic rings. The third kappa shape index (κ3) is 4.17. The lowest BCUT2D eigenvalue weighted by Gasteiger charge is -2.16. The molecule has 0 saturated heterocycles. The summed E-state index contributed by atoms with van der Waals surface area (Å²) in [4.78, 5) is 11.3. The second-order valence-electron chi connectivity index (χ2n) is 5.01. The van der Waals surface area contributed by atoms with E-state index >= 15 is 0 Å². The molecule has 1 amide bonds. The van der Waals surface area contributed by atoms with E-state index in [9.17, 15) is 36.2 Å². The van der Waals surface area contributed by atoms with Crippen LogP contribution in [0.2, 0.25) is 0 Å². The molecule has 0 aliphatic heterocycles. The number of rotatable bonds is 2. The van der Waals surface area contributed by atoms with Gasteiger partial charge in [0.25, 0.3) is 5.91 Å². The molecule has 0 aromatic heterocycles. The molecule has 0 unspecified atom stereocenters. The molecule has 134 valence electrons. The maximum Gasteiger partial charge on any atom is 0.416 e. The zero-order chi connectivity index (χ0) is 19.2. The van der Waals surface area contributed by atoms with Gasteiger partial charge in [0.15, 0.2) is 0 Å². The third-order valence-corrected chi connectivity index (χ3v) is 3.86. The molecule has 2 aromatic carbocycles. The fraction of sp³-hybridized carbons (Fsp3) is 0.133. The van der Waals surface area contributed by atoms with E-state index in [1.807, 2.05) is 0 Å². The lowest BCUT2D eigenvalue weighted by molar-refractivity contribution is -0.143. The molecule has 0 heterocycles. The predicted octanol–water partition coefficient (Wildman–Crippen LogP) is 4.80. The average Bonchev–Trinajstić information content (AvgIpc) is 2.46. The van der Waals surface area contributed by atoms with Gasteiger partial charge < -0.3 is 10.8 Å². The Morgan fingerprint density at radius 3 is 1.80 bits per heavy atom. The standard InChI is InChI=1S/C15H8F6INO2/c16-14(17,18)7-1-6(2-8(3-7)15(19,20)21)10-4-9(22)5-11(12(10)24)13(23)25/h1-5,24H,(H2,23,25). The number of alkyl halides is 6. The fourth-order valence-corrected chi connectivity index (χ4v) is 2.74. The highest BCUT2D eigenvalue weighted by Crippen LogP contribution is 2.41. The molecule has 0 saturated carbocycles. The highest BCUT2D eigenvalue weighted by atomic mass is 127. The van der Waals surface area contributed by atoms with Gasteiger partial charge in [-0.25, -0.2) is 0 Å². The van der Waals surface area contributed by atoms with E-state index < -0.39 is 46.3 Å². The summed E-state index contributed by atoms with van der Waals surface area (Å²) in [7, 11) is 0. The van der Waals surface area contributed by atoms with Crippen LogP contribution in [-0.4, -0.2) is 11.0 Å². The van der Waals surface area contributed by atoms with Crippen molar-refractivity contribution in [1.29, 1.82) is 0 Å². The minimum atomic E-state index is -5.03. The summed E-state index contributed by atoms with van der Waals surface area (Å²) in [6, 6.07) is 3.22. The Morgan fingerprint density at radius 1 is 0.920 bits per heavy atom. The SMILES string of the molecule is NC(=O)c1cc(I)cc(-c2cc(C(F)(F)F)cc(C(F)(F)F)c2)c1O. The van der Waals surface area contributed by atoms with Gasteiger partial charge in [0.05, 0.1) is 16.7 Å². The number of phenols is 1. The topological polar surface area (TPSA) is 63.3 Å². The normalized spacial score (nSPS) is 12.3. The Kier molecular flexibility index (Phi) is 4.94. The fourth-order valence-electron chi connectivity index (χ4n) is 2.12. The first kappa shape index (κ1) is 19.3. The molecular weight excluding hydrogens is 467 g/mol. The summed E-state index contributed by atoms with van der Waals surface area (Å²) in [5.41, 5.74) is 0.690. The maximum atomic E-state index is 12.9. The highest BCUT2D eigenvalue weighted by molar-refractivity contribution is 14.1. The summed E-state index contributed by atoms with van der Waals surface area (Å²) in [5, 5.41) is 10.1. The van der Waals surface area contributed by atoms with E-state index in [1.165, 1.54) is 6.07 Å². The van der Waals surface area contributed by atoms with Crippen molar-refractivity contribution in [2.24, 2.45) is 5.73 Å². The van der Waals surface area contributed by atoms with Crippen molar-refractivity contribution in [3.05, 3.63) is 50.6 Å². The number of carbonyl (C=O) groups excluding carboxylic acids is 1. The second kappa shape index (κ2) is 6.39. The van der Waals surface area contributed by atoms with Gasteiger partial charge in [-0.1, -0.05) is 0 Å². The predicted molar refractivity (Wildman–Crippen MR) is 84.8 cm³/mol. The van der Waals surface area contributed by atoms with Crippen LogP contribution in [0.25, 0.3) is 11.1 Å². The number of hydrogen-bond donors (Lipinski definition) is 2. The Morgan fingerprint density at radius 2 is 1.40 bits per heavy atom. The van der Waals surface area contributed by atoms with Gasteiger partial charge in [-0.3, -0.25) is 4.79 Å². The van der Waals surface area contributed by atoms with Crippen LogP contribution in [0.4, 0.5) is 26.3 Å². The van der Waals surface area contributed by atoms with Crippen LogP contribution in [0.3, 0.4) is 0 Å². The molecule has 3 nitrogen and oxygen atoms in total. The molecule has 10 heteroatoms. The first-order chi connectivity index (χ1) is 11.3. The van der Waals surface area contributed by atoms with Crippen molar-refractivity contribution in [1.82, 2.24) is 0 Å². The first-order valence-electron chi connectivity index (χ1n) is 6.43. The number of halogens is 7. The molecular formula is C15H8F6INO2. The van der Waals surface area contributed by atoms with E-state index in [-0.39, 0.29) is 11.6 Å². The third-order valence-electron chi connectivity index (χ3n) is 3.24. The zero-order valence-corrected chi connectivity index (χ0v) is 14.1. The Balaban J connectivity index is 2.82. The van der Waals surface area contributed by atoms with Gasteiger partial charge in [-0.2, -0.15) is 26.3 Å². The number of nitrogens with two attached hydrogens (primary N) is 1. The van der Waals surface area contributed by atoms with E-state index in [0.29, 0.717) is 15.7 Å². The zero-order valence-electron chi connectivity index (χ0n) is 12.0. The number of primary amides is 1. The molecule has 0 aliphatic carbocycles. The molecule has 0 radical (unpaired) electrons. The minimum Gasteiger partial charge on any atom is -0.506 e. The number of amides is 1. The van der Waals surface area contributed by atoms with Crippen molar-refractivity contribution in [2.75, 3.05) is 0 Å². The minimum absolute atomic E-state index is 0.0244. The largest absolute Gasteiger partial charge is 0.506 e. The number of aromatic hydroxyl groups is 1. The second-order valence-corrected chi connectivity index (χ2v) is 6.25. The molecule has 3 N–H and O–H groups in total. The summed E-state index contributed by atoms with van der Waals surface area (Å²) in [5.74, 6) is -1.86. The molecule has 0 fully saturated rings. The maximum absolute atomic E-state index is 12.9. The van der Waals surface area contributed by atoms with Crippen molar-refractivity contribution < 1.29 is 36.2 Å². The Hall–Kier alpha value is -1.98. The van der Waals surface area contributed by atoms with Crippen LogP contribution in [0.15, 0.2) is 30.3 Å². The van der Waals surface area contributed by atoms with Gasteiger partial charge in [-0.05, 0) is 58.5 Å². The number of benzene rings is 2. The molecule has 0 spiro atoms. The van der Waals surface area contributed by atoms with E-state index in [1.54, 1.807) is 22.6 Å². The van der Waals surface area contributed by atoms with Crippen LogP contribution in [-0.2, 0) is 12.4 Å². The van der Waals surface area contributed by atoms with Crippen LogP contribution in [0.1, 0.15) is 21.5 Å². The quantitative estimate of drug-likeness (QED) is 0.485. The lowest BCUT2D eigenvalue weighted by atomic mass is 9.96. The summed E-state index contributed by atoms with van der Waals surface area (Å²) < 4.78 is 77.9. The van der Waals surface area contributed by atoms with Gasteiger partial charge in [0, 0.05) is 9.13 Å². The molecule has 0 aliphatic rings. The van der Waals surface area contributed by atoms with Crippen molar-refractivity contribution in [3.8, 4) is 16.9 Å². The van der Waals surface area contributed by atoms with Crippen LogP contribution in [0.5, 0.6) is 5.75 Å². The van der Waals surface area contributed by atoms with Gasteiger partial charge >= 0.3 is 12.4 Å². The summed E-state index contributed by atoms with van der Waals surface area (Å²) in [6.07, 6.45) is -10.1. The Bertz CT molecular complexity index is 813. The van der Waals surface area contributed by atoms with Gasteiger partial charge in [0.1, 0.15) is 5.75 Å². The monoisotopic (exact) mass is 475 g/mol. The Labute approximate surface area is 150 Å². The lowest BCUT2D eigenvalue weighted by Crippen LogP contribution is -2.13. The van der Waals surface area contributed by atoms with E-state index in [0.717, 1.165) is 6.07 Å². The smallest absolute Gasteiger partial charge is 0.416 e. The first-order valence-corrected chi connectivity index (χ1v) is 7.50.